The normalized spacial score (nSPS) is 11.8. The van der Waals surface area contributed by atoms with E-state index >= 15 is 0 Å². The van der Waals surface area contributed by atoms with Crippen LogP contribution in [0.4, 0.5) is 0 Å². The van der Waals surface area contributed by atoms with Gasteiger partial charge >= 0.3 is 0 Å². The first-order chi connectivity index (χ1) is 9.62. The molecule has 1 atom stereocenters. The Balaban J connectivity index is 2.79. The van der Waals surface area contributed by atoms with E-state index in [4.69, 9.17) is 15.2 Å². The van der Waals surface area contributed by atoms with E-state index in [1.165, 1.54) is 0 Å². The lowest BCUT2D eigenvalue weighted by Gasteiger charge is -2.13. The lowest BCUT2D eigenvalue weighted by atomic mass is 10.1. The maximum Gasteiger partial charge on any atom is 0.251 e. The SMILES string of the molecule is CCOc1ccc(C(=O)NCC(N)CC)cc1OCC. The van der Waals surface area contributed by atoms with Crippen LogP contribution in [0.15, 0.2) is 18.2 Å². The monoisotopic (exact) mass is 280 g/mol. The number of hydrogen-bond donors (Lipinski definition) is 2. The van der Waals surface area contributed by atoms with Gasteiger partial charge < -0.3 is 20.5 Å². The van der Waals surface area contributed by atoms with Gasteiger partial charge in [-0.15, -0.1) is 0 Å². The highest BCUT2D eigenvalue weighted by Gasteiger charge is 2.12. The largest absolute Gasteiger partial charge is 0.490 e. The molecule has 1 amide bonds. The number of nitrogens with two attached hydrogens (primary N) is 1. The fourth-order valence-corrected chi connectivity index (χ4v) is 1.66. The molecule has 0 fully saturated rings. The zero-order chi connectivity index (χ0) is 15.0. The van der Waals surface area contributed by atoms with E-state index in [0.717, 1.165) is 6.42 Å². The quantitative estimate of drug-likeness (QED) is 0.763. The maximum atomic E-state index is 12.0. The number of amides is 1. The van der Waals surface area contributed by atoms with Crippen LogP contribution in [0.3, 0.4) is 0 Å². The molecule has 0 heterocycles. The number of hydrogen-bond acceptors (Lipinski definition) is 4. The zero-order valence-corrected chi connectivity index (χ0v) is 12.4. The molecule has 5 heteroatoms. The van der Waals surface area contributed by atoms with Crippen molar-refractivity contribution in [2.45, 2.75) is 33.2 Å². The van der Waals surface area contributed by atoms with Crippen LogP contribution in [-0.4, -0.2) is 31.7 Å². The zero-order valence-electron chi connectivity index (χ0n) is 12.4. The van der Waals surface area contributed by atoms with E-state index in [-0.39, 0.29) is 11.9 Å². The van der Waals surface area contributed by atoms with Gasteiger partial charge in [0.25, 0.3) is 5.91 Å². The van der Waals surface area contributed by atoms with Gasteiger partial charge in [0.2, 0.25) is 0 Å². The smallest absolute Gasteiger partial charge is 0.251 e. The van der Waals surface area contributed by atoms with Crippen molar-refractivity contribution in [3.05, 3.63) is 23.8 Å². The van der Waals surface area contributed by atoms with Crippen LogP contribution in [0.1, 0.15) is 37.6 Å². The number of carbonyl (C=O) groups is 1. The third-order valence-electron chi connectivity index (χ3n) is 2.85. The summed E-state index contributed by atoms with van der Waals surface area (Å²) >= 11 is 0. The van der Waals surface area contributed by atoms with Gasteiger partial charge in [0.1, 0.15) is 0 Å². The number of benzene rings is 1. The van der Waals surface area contributed by atoms with Crippen molar-refractivity contribution in [1.82, 2.24) is 5.32 Å². The highest BCUT2D eigenvalue weighted by molar-refractivity contribution is 5.94. The molecule has 0 radical (unpaired) electrons. The van der Waals surface area contributed by atoms with Crippen LogP contribution in [0, 0.1) is 0 Å². The number of carbonyl (C=O) groups excluding carboxylic acids is 1. The average Bonchev–Trinajstić information content (AvgIpc) is 2.46. The summed E-state index contributed by atoms with van der Waals surface area (Å²) in [5.74, 6) is 1.08. The topological polar surface area (TPSA) is 73.6 Å². The second-order valence-corrected chi connectivity index (χ2v) is 4.41. The van der Waals surface area contributed by atoms with Crippen molar-refractivity contribution in [1.29, 1.82) is 0 Å². The number of ether oxygens (including phenoxy) is 2. The molecule has 1 unspecified atom stereocenters. The number of nitrogens with one attached hydrogen (secondary N) is 1. The first-order valence-corrected chi connectivity index (χ1v) is 7.05. The standard InChI is InChI=1S/C15H24N2O3/c1-4-12(16)10-17-15(18)11-7-8-13(19-5-2)14(9-11)20-6-3/h7-9,12H,4-6,10,16H2,1-3H3,(H,17,18). The maximum absolute atomic E-state index is 12.0. The molecule has 0 spiro atoms. The van der Waals surface area contributed by atoms with Gasteiger partial charge in [0.15, 0.2) is 11.5 Å². The third kappa shape index (κ3) is 4.74. The minimum atomic E-state index is -0.155. The van der Waals surface area contributed by atoms with Gasteiger partial charge in [0.05, 0.1) is 13.2 Å². The lowest BCUT2D eigenvalue weighted by Crippen LogP contribution is -2.36. The minimum Gasteiger partial charge on any atom is -0.490 e. The molecule has 1 rings (SSSR count). The average molecular weight is 280 g/mol. The van der Waals surface area contributed by atoms with Crippen LogP contribution in [0.5, 0.6) is 11.5 Å². The van der Waals surface area contributed by atoms with E-state index in [1.54, 1.807) is 18.2 Å². The van der Waals surface area contributed by atoms with Crippen molar-refractivity contribution < 1.29 is 14.3 Å². The molecule has 0 aliphatic rings. The molecule has 112 valence electrons. The summed E-state index contributed by atoms with van der Waals surface area (Å²) in [4.78, 5) is 12.0. The van der Waals surface area contributed by atoms with E-state index in [2.05, 4.69) is 5.32 Å². The third-order valence-corrected chi connectivity index (χ3v) is 2.85. The molecule has 20 heavy (non-hydrogen) atoms. The van der Waals surface area contributed by atoms with Gasteiger partial charge in [0, 0.05) is 18.2 Å². The molecule has 1 aromatic rings. The Hall–Kier alpha value is -1.75. The fraction of sp³-hybridized carbons (Fsp3) is 0.533. The van der Waals surface area contributed by atoms with Crippen molar-refractivity contribution >= 4 is 5.91 Å². The Labute approximate surface area is 120 Å². The van der Waals surface area contributed by atoms with E-state index in [0.29, 0.717) is 36.8 Å². The van der Waals surface area contributed by atoms with Crippen LogP contribution in [0.25, 0.3) is 0 Å². The molecule has 0 bridgehead atoms. The molecule has 0 aromatic heterocycles. The fourth-order valence-electron chi connectivity index (χ4n) is 1.66. The van der Waals surface area contributed by atoms with Gasteiger partial charge in [-0.25, -0.2) is 0 Å². The molecule has 5 nitrogen and oxygen atoms in total. The molecule has 3 N–H and O–H groups in total. The van der Waals surface area contributed by atoms with Gasteiger partial charge in [-0.3, -0.25) is 4.79 Å². The summed E-state index contributed by atoms with van der Waals surface area (Å²) < 4.78 is 11.0. The van der Waals surface area contributed by atoms with Crippen LogP contribution in [-0.2, 0) is 0 Å². The van der Waals surface area contributed by atoms with Gasteiger partial charge in [-0.1, -0.05) is 6.92 Å². The van der Waals surface area contributed by atoms with E-state index in [9.17, 15) is 4.79 Å². The summed E-state index contributed by atoms with van der Waals surface area (Å²) in [5, 5.41) is 2.81. The summed E-state index contributed by atoms with van der Waals surface area (Å²) in [6, 6.07) is 5.15. The second kappa shape index (κ2) is 8.43. The predicted octanol–water partition coefficient (Wildman–Crippen LogP) is 1.95. The highest BCUT2D eigenvalue weighted by atomic mass is 16.5. The Morgan fingerprint density at radius 3 is 2.45 bits per heavy atom. The van der Waals surface area contributed by atoms with E-state index < -0.39 is 0 Å². The van der Waals surface area contributed by atoms with Gasteiger partial charge in [-0.2, -0.15) is 0 Å². The van der Waals surface area contributed by atoms with Crippen molar-refractivity contribution in [3.8, 4) is 11.5 Å². The summed E-state index contributed by atoms with van der Waals surface area (Å²) in [6.45, 7) is 7.32. The Morgan fingerprint density at radius 1 is 1.20 bits per heavy atom. The lowest BCUT2D eigenvalue weighted by molar-refractivity contribution is 0.0950. The molecule has 0 aliphatic heterocycles. The van der Waals surface area contributed by atoms with Crippen molar-refractivity contribution in [2.75, 3.05) is 19.8 Å². The summed E-state index contributed by atoms with van der Waals surface area (Å²) in [7, 11) is 0. The summed E-state index contributed by atoms with van der Waals surface area (Å²) in [6.07, 6.45) is 0.827. The Morgan fingerprint density at radius 2 is 1.85 bits per heavy atom. The first-order valence-electron chi connectivity index (χ1n) is 7.05. The van der Waals surface area contributed by atoms with Crippen LogP contribution in [0.2, 0.25) is 0 Å². The summed E-state index contributed by atoms with van der Waals surface area (Å²) in [5.41, 5.74) is 6.32. The molecule has 0 aliphatic carbocycles. The Kier molecular flexibility index (Phi) is 6.87. The molecular weight excluding hydrogens is 256 g/mol. The van der Waals surface area contributed by atoms with Crippen LogP contribution < -0.4 is 20.5 Å². The predicted molar refractivity (Wildman–Crippen MR) is 79.4 cm³/mol. The molecular formula is C15H24N2O3. The van der Waals surface area contributed by atoms with E-state index in [1.807, 2.05) is 20.8 Å². The van der Waals surface area contributed by atoms with Crippen molar-refractivity contribution in [3.63, 3.8) is 0 Å². The molecule has 0 saturated carbocycles. The van der Waals surface area contributed by atoms with Gasteiger partial charge in [-0.05, 0) is 38.5 Å². The molecule has 1 aromatic carbocycles. The minimum absolute atomic E-state index is 0.0204. The second-order valence-electron chi connectivity index (χ2n) is 4.41. The molecule has 0 saturated heterocycles. The highest BCUT2D eigenvalue weighted by Crippen LogP contribution is 2.28. The first kappa shape index (κ1) is 16.3. The van der Waals surface area contributed by atoms with Crippen LogP contribution >= 0.6 is 0 Å². The van der Waals surface area contributed by atoms with Crippen molar-refractivity contribution in [2.24, 2.45) is 5.73 Å². The number of rotatable bonds is 8. The Bertz CT molecular complexity index is 435.